The molecule has 31 heavy (non-hydrogen) atoms. The van der Waals surface area contributed by atoms with Crippen LogP contribution in [0.5, 0.6) is 0 Å². The Morgan fingerprint density at radius 2 is 1.65 bits per heavy atom. The summed E-state index contributed by atoms with van der Waals surface area (Å²) in [4.78, 5) is 13.2. The van der Waals surface area contributed by atoms with E-state index in [0.717, 1.165) is 12.1 Å². The molecule has 2 heterocycles. The highest BCUT2D eigenvalue weighted by Crippen LogP contribution is 2.29. The maximum atomic E-state index is 13.3. The van der Waals surface area contributed by atoms with Gasteiger partial charge in [-0.2, -0.15) is 23.4 Å². The number of rotatable bonds is 4. The average molecular weight is 430 g/mol. The molecule has 0 atom stereocenters. The van der Waals surface area contributed by atoms with Crippen molar-refractivity contribution in [1.82, 2.24) is 19.6 Å². The second-order valence-corrected chi connectivity index (χ2v) is 7.49. The van der Waals surface area contributed by atoms with Gasteiger partial charge in [-0.25, -0.2) is 13.8 Å². The maximum Gasteiger partial charge on any atom is 0.416 e. The smallest absolute Gasteiger partial charge is 0.265 e. The van der Waals surface area contributed by atoms with Crippen LogP contribution < -0.4 is 5.56 Å². The minimum atomic E-state index is -4.43. The van der Waals surface area contributed by atoms with E-state index in [0.29, 0.717) is 22.3 Å². The van der Waals surface area contributed by atoms with Crippen molar-refractivity contribution in [3.8, 4) is 5.69 Å². The van der Waals surface area contributed by atoms with Crippen molar-refractivity contribution in [3.63, 3.8) is 0 Å². The molecule has 0 aliphatic heterocycles. The number of aromatic nitrogens is 4. The lowest BCUT2D eigenvalue weighted by Crippen LogP contribution is -2.27. The Hall–Kier alpha value is -3.49. The number of benzene rings is 2. The SMILES string of the molecule is CC(C)c1nn(Cc2ccc(C(F)(F)F)cc2)c(=O)c2c1cnn2-c1ccc(F)cc1. The van der Waals surface area contributed by atoms with Gasteiger partial charge in [-0.15, -0.1) is 0 Å². The molecule has 0 N–H and O–H groups in total. The summed E-state index contributed by atoms with van der Waals surface area (Å²) in [6.07, 6.45) is -2.89. The third-order valence-electron chi connectivity index (χ3n) is 4.94. The van der Waals surface area contributed by atoms with E-state index in [2.05, 4.69) is 10.2 Å². The quantitative estimate of drug-likeness (QED) is 0.432. The van der Waals surface area contributed by atoms with Gasteiger partial charge in [0.05, 0.1) is 29.7 Å². The molecule has 2 aromatic carbocycles. The molecule has 0 saturated carbocycles. The Kier molecular flexibility index (Phi) is 5.12. The molecule has 0 spiro atoms. The highest BCUT2D eigenvalue weighted by molar-refractivity contribution is 5.82. The Labute approximate surface area is 174 Å². The van der Waals surface area contributed by atoms with Crippen LogP contribution in [-0.4, -0.2) is 19.6 Å². The molecule has 0 bridgehead atoms. The van der Waals surface area contributed by atoms with Crippen LogP contribution >= 0.6 is 0 Å². The highest BCUT2D eigenvalue weighted by atomic mass is 19.4. The molecule has 0 saturated heterocycles. The molecule has 0 unspecified atom stereocenters. The van der Waals surface area contributed by atoms with Crippen molar-refractivity contribution < 1.29 is 17.6 Å². The molecule has 0 radical (unpaired) electrons. The van der Waals surface area contributed by atoms with Crippen molar-refractivity contribution in [3.05, 3.63) is 87.7 Å². The topological polar surface area (TPSA) is 52.7 Å². The third kappa shape index (κ3) is 3.95. The van der Waals surface area contributed by atoms with E-state index in [1.807, 2.05) is 13.8 Å². The predicted molar refractivity (Wildman–Crippen MR) is 108 cm³/mol. The highest BCUT2D eigenvalue weighted by Gasteiger charge is 2.30. The molecule has 2 aromatic heterocycles. The van der Waals surface area contributed by atoms with E-state index in [9.17, 15) is 22.4 Å². The number of hydrogen-bond acceptors (Lipinski definition) is 3. The van der Waals surface area contributed by atoms with Crippen molar-refractivity contribution in [2.24, 2.45) is 0 Å². The van der Waals surface area contributed by atoms with E-state index in [-0.39, 0.29) is 18.0 Å². The van der Waals surface area contributed by atoms with Gasteiger partial charge in [0, 0.05) is 5.39 Å². The predicted octanol–water partition coefficient (Wildman–Crippen LogP) is 4.91. The van der Waals surface area contributed by atoms with E-state index < -0.39 is 23.1 Å². The zero-order valence-electron chi connectivity index (χ0n) is 16.7. The van der Waals surface area contributed by atoms with Crippen molar-refractivity contribution in [1.29, 1.82) is 0 Å². The van der Waals surface area contributed by atoms with Gasteiger partial charge < -0.3 is 0 Å². The summed E-state index contributed by atoms with van der Waals surface area (Å²) in [5, 5.41) is 9.33. The van der Waals surface area contributed by atoms with Gasteiger partial charge in [0.1, 0.15) is 11.3 Å². The van der Waals surface area contributed by atoms with Crippen molar-refractivity contribution in [2.45, 2.75) is 32.5 Å². The molecule has 4 aromatic rings. The number of halogens is 4. The fourth-order valence-corrected chi connectivity index (χ4v) is 3.38. The van der Waals surface area contributed by atoms with Crippen LogP contribution in [0.2, 0.25) is 0 Å². The minimum absolute atomic E-state index is 0.00122. The summed E-state index contributed by atoms with van der Waals surface area (Å²) < 4.78 is 54.4. The molecule has 0 aliphatic carbocycles. The fraction of sp³-hybridized carbons (Fsp3) is 0.227. The summed E-state index contributed by atoms with van der Waals surface area (Å²) in [5.41, 5.74) is 0.720. The number of fused-ring (bicyclic) bond motifs is 1. The second-order valence-electron chi connectivity index (χ2n) is 7.49. The molecule has 0 fully saturated rings. The van der Waals surface area contributed by atoms with Crippen LogP contribution in [0.4, 0.5) is 17.6 Å². The lowest BCUT2D eigenvalue weighted by Gasteiger charge is -2.13. The summed E-state index contributed by atoms with van der Waals surface area (Å²) >= 11 is 0. The monoisotopic (exact) mass is 430 g/mol. The Balaban J connectivity index is 1.84. The maximum absolute atomic E-state index is 13.3. The Morgan fingerprint density at radius 3 is 2.23 bits per heavy atom. The molecular weight excluding hydrogens is 412 g/mol. The van der Waals surface area contributed by atoms with Gasteiger partial charge in [-0.3, -0.25) is 4.79 Å². The molecule has 0 amide bonds. The fourth-order valence-electron chi connectivity index (χ4n) is 3.38. The molecule has 0 aliphatic rings. The first-order valence-corrected chi connectivity index (χ1v) is 9.56. The van der Waals surface area contributed by atoms with Crippen molar-refractivity contribution in [2.75, 3.05) is 0 Å². The van der Waals surface area contributed by atoms with Gasteiger partial charge >= 0.3 is 6.18 Å². The molecule has 5 nitrogen and oxygen atoms in total. The van der Waals surface area contributed by atoms with Gasteiger partial charge in [0.2, 0.25) is 0 Å². The standard InChI is InChI=1S/C22H18F4N4O/c1-13(2)19-18-11-27-30(17-9-7-16(23)8-10-17)20(18)21(31)29(28-19)12-14-3-5-15(6-4-14)22(24,25)26/h3-11,13H,12H2,1-2H3. The van der Waals surface area contributed by atoms with Crippen molar-refractivity contribution >= 4 is 10.9 Å². The molecule has 160 valence electrons. The summed E-state index contributed by atoms with van der Waals surface area (Å²) in [5.74, 6) is -0.447. The van der Waals surface area contributed by atoms with E-state index in [1.54, 1.807) is 6.20 Å². The first-order valence-electron chi connectivity index (χ1n) is 9.56. The zero-order chi connectivity index (χ0) is 22.3. The Morgan fingerprint density at radius 1 is 1.00 bits per heavy atom. The Bertz CT molecular complexity index is 1290. The van der Waals surface area contributed by atoms with E-state index >= 15 is 0 Å². The van der Waals surface area contributed by atoms with Crippen LogP contribution in [-0.2, 0) is 12.7 Å². The summed E-state index contributed by atoms with van der Waals surface area (Å²) in [6.45, 7) is 3.84. The average Bonchev–Trinajstić information content (AvgIpc) is 3.15. The van der Waals surface area contributed by atoms with Crippen LogP contribution in [0.25, 0.3) is 16.6 Å². The zero-order valence-corrected chi connectivity index (χ0v) is 16.7. The number of hydrogen-bond donors (Lipinski definition) is 0. The van der Waals surface area contributed by atoms with Crippen LogP contribution in [0, 0.1) is 5.82 Å². The first-order chi connectivity index (χ1) is 14.6. The van der Waals surface area contributed by atoms with Crippen LogP contribution in [0.15, 0.2) is 59.5 Å². The lowest BCUT2D eigenvalue weighted by atomic mass is 10.1. The third-order valence-corrected chi connectivity index (χ3v) is 4.94. The number of nitrogens with zero attached hydrogens (tertiary/aromatic N) is 4. The van der Waals surface area contributed by atoms with Gasteiger partial charge in [0.25, 0.3) is 5.56 Å². The number of alkyl halides is 3. The second kappa shape index (κ2) is 7.64. The minimum Gasteiger partial charge on any atom is -0.265 e. The van der Waals surface area contributed by atoms with Gasteiger partial charge in [0.15, 0.2) is 0 Å². The largest absolute Gasteiger partial charge is 0.416 e. The van der Waals surface area contributed by atoms with E-state index in [1.165, 1.54) is 45.8 Å². The molecule has 4 rings (SSSR count). The van der Waals surface area contributed by atoms with E-state index in [4.69, 9.17) is 0 Å². The molecular formula is C22H18F4N4O. The molecule has 9 heteroatoms. The van der Waals surface area contributed by atoms with Crippen LogP contribution in [0.3, 0.4) is 0 Å². The first kappa shape index (κ1) is 20.8. The summed E-state index contributed by atoms with van der Waals surface area (Å²) in [7, 11) is 0. The van der Waals surface area contributed by atoms with Gasteiger partial charge in [-0.05, 0) is 47.9 Å². The van der Waals surface area contributed by atoms with Crippen LogP contribution in [0.1, 0.15) is 36.6 Å². The van der Waals surface area contributed by atoms with Gasteiger partial charge in [-0.1, -0.05) is 26.0 Å². The summed E-state index contributed by atoms with van der Waals surface area (Å²) in [6, 6.07) is 10.2. The lowest BCUT2D eigenvalue weighted by molar-refractivity contribution is -0.137. The normalized spacial score (nSPS) is 12.1.